The van der Waals surface area contributed by atoms with Crippen LogP contribution in [0.3, 0.4) is 0 Å². The minimum Gasteiger partial charge on any atom is -0.188 e. The minimum atomic E-state index is -3.08. The molecule has 0 spiro atoms. The third-order valence-electron chi connectivity index (χ3n) is 1.13. The fraction of sp³-hybridized carbons (Fsp3) is 1.00. The van der Waals surface area contributed by atoms with Crippen molar-refractivity contribution >= 4 is 23.2 Å². The Balaban J connectivity index is 2.39. The van der Waals surface area contributed by atoms with E-state index in [0.717, 1.165) is 0 Å². The van der Waals surface area contributed by atoms with E-state index in [1.807, 2.05) is 0 Å². The van der Waals surface area contributed by atoms with Crippen molar-refractivity contribution in [3.63, 3.8) is 0 Å². The summed E-state index contributed by atoms with van der Waals surface area (Å²) in [6.45, 7) is 0. The van der Waals surface area contributed by atoms with E-state index >= 15 is 0 Å². The van der Waals surface area contributed by atoms with Gasteiger partial charge in [-0.3, -0.25) is 0 Å². The van der Waals surface area contributed by atoms with Crippen molar-refractivity contribution < 1.29 is 8.78 Å². The first kappa shape index (κ1) is 6.56. The van der Waals surface area contributed by atoms with Gasteiger partial charge in [-0.1, -0.05) is 0 Å². The Bertz CT molecular complexity index is 98.7. The number of hydrogen-bond donors (Lipinski definition) is 0. The molecular formula is C4H4Cl2F2. The lowest BCUT2D eigenvalue weighted by molar-refractivity contribution is 0.0716. The van der Waals surface area contributed by atoms with Crippen LogP contribution in [0.15, 0.2) is 0 Å². The van der Waals surface area contributed by atoms with Crippen LogP contribution in [0.4, 0.5) is 8.78 Å². The van der Waals surface area contributed by atoms with Crippen LogP contribution in [0, 0.1) is 5.92 Å². The maximum absolute atomic E-state index is 11.8. The van der Waals surface area contributed by atoms with Crippen molar-refractivity contribution in [3.05, 3.63) is 0 Å². The van der Waals surface area contributed by atoms with E-state index in [1.165, 1.54) is 0 Å². The van der Waals surface area contributed by atoms with Crippen LogP contribution in [0.1, 0.15) is 6.42 Å². The molecule has 0 radical (unpaired) electrons. The summed E-state index contributed by atoms with van der Waals surface area (Å²) < 4.78 is 23.7. The zero-order valence-electron chi connectivity index (χ0n) is 3.87. The summed E-state index contributed by atoms with van der Waals surface area (Å²) in [6, 6.07) is 0. The summed E-state index contributed by atoms with van der Waals surface area (Å²) in [6.07, 6.45) is 0.345. The van der Waals surface area contributed by atoms with Crippen molar-refractivity contribution in [2.75, 3.05) is 0 Å². The molecule has 0 aromatic rings. The highest BCUT2D eigenvalue weighted by Crippen LogP contribution is 2.49. The molecule has 1 saturated carbocycles. The lowest BCUT2D eigenvalue weighted by Gasteiger charge is -2.02. The normalized spacial score (nSPS) is 37.5. The second-order valence-electron chi connectivity index (χ2n) is 1.90. The Morgan fingerprint density at radius 1 is 1.50 bits per heavy atom. The van der Waals surface area contributed by atoms with Gasteiger partial charge in [0.25, 0.3) is 0 Å². The Kier molecular flexibility index (Phi) is 1.40. The first-order chi connectivity index (χ1) is 3.52. The quantitative estimate of drug-likeness (QED) is 0.518. The fourth-order valence-electron chi connectivity index (χ4n) is 0.503. The van der Waals surface area contributed by atoms with Gasteiger partial charge in [0, 0.05) is 5.38 Å². The summed E-state index contributed by atoms with van der Waals surface area (Å²) in [5, 5.41) is -3.48. The Labute approximate surface area is 55.8 Å². The standard InChI is InChI=1S/C4H4Cl2F2/c5-3-1-2(3)4(6,7)8/h2-3H,1H2. The number of alkyl halides is 4. The molecule has 48 valence electrons. The molecule has 1 rings (SSSR count). The SMILES string of the molecule is FC(F)(Cl)C1CC1Cl. The van der Waals surface area contributed by atoms with Gasteiger partial charge in [0.2, 0.25) is 0 Å². The van der Waals surface area contributed by atoms with Gasteiger partial charge in [0.05, 0.1) is 5.92 Å². The van der Waals surface area contributed by atoms with E-state index in [1.54, 1.807) is 0 Å². The number of hydrogen-bond acceptors (Lipinski definition) is 0. The third-order valence-corrected chi connectivity index (χ3v) is 1.90. The average molecular weight is 161 g/mol. The molecule has 4 heteroatoms. The van der Waals surface area contributed by atoms with E-state index in [-0.39, 0.29) is 0 Å². The van der Waals surface area contributed by atoms with E-state index < -0.39 is 16.7 Å². The molecule has 0 heterocycles. The van der Waals surface area contributed by atoms with Crippen LogP contribution in [0.2, 0.25) is 0 Å². The Morgan fingerprint density at radius 3 is 1.88 bits per heavy atom. The first-order valence-electron chi connectivity index (χ1n) is 2.22. The molecule has 0 nitrogen and oxygen atoms in total. The van der Waals surface area contributed by atoms with Crippen LogP contribution in [-0.4, -0.2) is 10.8 Å². The molecule has 0 amide bonds. The smallest absolute Gasteiger partial charge is 0.188 e. The van der Waals surface area contributed by atoms with Gasteiger partial charge in [0.1, 0.15) is 0 Å². The molecule has 1 fully saturated rings. The van der Waals surface area contributed by atoms with Crippen LogP contribution >= 0.6 is 23.2 Å². The molecule has 1 aliphatic rings. The zero-order chi connectivity index (χ0) is 6.36. The second-order valence-corrected chi connectivity index (χ2v) is 2.96. The summed E-state index contributed by atoms with van der Waals surface area (Å²) in [4.78, 5) is 0. The van der Waals surface area contributed by atoms with Crippen LogP contribution in [0.5, 0.6) is 0 Å². The summed E-state index contributed by atoms with van der Waals surface area (Å²) >= 11 is 9.88. The van der Waals surface area contributed by atoms with Crippen molar-refractivity contribution in [2.24, 2.45) is 5.92 Å². The largest absolute Gasteiger partial charge is 0.325 e. The Hall–Kier alpha value is 0.440. The first-order valence-corrected chi connectivity index (χ1v) is 3.04. The topological polar surface area (TPSA) is 0 Å². The molecule has 0 N–H and O–H groups in total. The van der Waals surface area contributed by atoms with Crippen molar-refractivity contribution in [2.45, 2.75) is 17.2 Å². The van der Waals surface area contributed by atoms with Gasteiger partial charge >= 0.3 is 5.38 Å². The molecule has 0 aromatic carbocycles. The predicted octanol–water partition coefficient (Wildman–Crippen LogP) is 2.45. The monoisotopic (exact) mass is 160 g/mol. The van der Waals surface area contributed by atoms with Gasteiger partial charge in [0.15, 0.2) is 0 Å². The Morgan fingerprint density at radius 2 is 1.88 bits per heavy atom. The maximum atomic E-state index is 11.8. The molecule has 2 unspecified atom stereocenters. The van der Waals surface area contributed by atoms with E-state index in [4.69, 9.17) is 11.6 Å². The lowest BCUT2D eigenvalue weighted by atomic mass is 10.4. The van der Waals surface area contributed by atoms with Crippen molar-refractivity contribution in [3.8, 4) is 0 Å². The van der Waals surface area contributed by atoms with Gasteiger partial charge < -0.3 is 0 Å². The number of rotatable bonds is 1. The zero-order valence-corrected chi connectivity index (χ0v) is 5.39. The highest BCUT2D eigenvalue weighted by Gasteiger charge is 2.52. The van der Waals surface area contributed by atoms with Gasteiger partial charge in [-0.25, -0.2) is 0 Å². The average Bonchev–Trinajstić information content (AvgIpc) is 2.13. The van der Waals surface area contributed by atoms with E-state index in [0.29, 0.717) is 6.42 Å². The van der Waals surface area contributed by atoms with Crippen LogP contribution < -0.4 is 0 Å². The molecule has 8 heavy (non-hydrogen) atoms. The fourth-order valence-corrected chi connectivity index (χ4v) is 1.16. The second kappa shape index (κ2) is 1.71. The van der Waals surface area contributed by atoms with Gasteiger partial charge in [-0.15, -0.1) is 11.6 Å². The van der Waals surface area contributed by atoms with E-state index in [9.17, 15) is 8.78 Å². The molecule has 0 saturated heterocycles. The molecular weight excluding hydrogens is 157 g/mol. The predicted molar refractivity (Wildman–Crippen MR) is 28.5 cm³/mol. The molecule has 2 atom stereocenters. The highest BCUT2D eigenvalue weighted by atomic mass is 35.5. The molecule has 0 aromatic heterocycles. The maximum Gasteiger partial charge on any atom is 0.325 e. The molecule has 0 aliphatic heterocycles. The van der Waals surface area contributed by atoms with Gasteiger partial charge in [-0.2, -0.15) is 8.78 Å². The van der Waals surface area contributed by atoms with Gasteiger partial charge in [-0.05, 0) is 18.0 Å². The molecule has 1 aliphatic carbocycles. The summed E-state index contributed by atoms with van der Waals surface area (Å²) in [7, 11) is 0. The van der Waals surface area contributed by atoms with Crippen molar-refractivity contribution in [1.29, 1.82) is 0 Å². The summed E-state index contributed by atoms with van der Waals surface area (Å²) in [5.74, 6) is -0.786. The van der Waals surface area contributed by atoms with Crippen LogP contribution in [-0.2, 0) is 0 Å². The molecule has 0 bridgehead atoms. The lowest BCUT2D eigenvalue weighted by Crippen LogP contribution is -2.09. The van der Waals surface area contributed by atoms with E-state index in [2.05, 4.69) is 11.6 Å². The third kappa shape index (κ3) is 1.23. The van der Waals surface area contributed by atoms with Crippen LogP contribution in [0.25, 0.3) is 0 Å². The number of halogens is 4. The highest BCUT2D eigenvalue weighted by molar-refractivity contribution is 6.26. The summed E-state index contributed by atoms with van der Waals surface area (Å²) in [5.41, 5.74) is 0. The van der Waals surface area contributed by atoms with Crippen molar-refractivity contribution in [1.82, 2.24) is 0 Å². The minimum absolute atomic E-state index is 0.345.